The van der Waals surface area contributed by atoms with Gasteiger partial charge < -0.3 is 26.1 Å². The fourth-order valence-corrected chi connectivity index (χ4v) is 8.05. The van der Waals surface area contributed by atoms with Crippen molar-refractivity contribution in [1.29, 1.82) is 0 Å². The second kappa shape index (κ2) is 9.85. The second-order valence-electron chi connectivity index (χ2n) is 11.9. The summed E-state index contributed by atoms with van der Waals surface area (Å²) in [6, 6.07) is -1.40. The molecule has 2 amide bonds. The number of fused-ring (bicyclic) bond motifs is 5. The van der Waals surface area contributed by atoms with E-state index < -0.39 is 42.5 Å². The number of hydrogen-bond acceptors (Lipinski definition) is 7. The number of aliphatic hydroxyl groups is 1. The monoisotopic (exact) mass is 517 g/mol. The highest BCUT2D eigenvalue weighted by Crippen LogP contribution is 2.67. The van der Waals surface area contributed by atoms with Gasteiger partial charge in [0.1, 0.15) is 11.6 Å². The Bertz CT molecular complexity index is 1050. The third-order valence-electron chi connectivity index (χ3n) is 10.1. The van der Waals surface area contributed by atoms with E-state index in [1.54, 1.807) is 0 Å². The molecule has 3 saturated carbocycles. The maximum absolute atomic E-state index is 12.4. The topological polar surface area (TPSA) is 168 Å². The molecule has 0 heterocycles. The number of carboxylic acid groups (broad SMARTS) is 1. The highest BCUT2D eigenvalue weighted by Gasteiger charge is 2.65. The SMILES string of the molecule is CC(=O)[C@]1(O)CC[C@@H]2[C@H]3CCC4=C/C(=N\OCC(=O)N[C@H](CC(N)=O)C(=O)O)CC[C@]4(C)[C@@H]3CC[C@]21C. The molecule has 10 heteroatoms. The van der Waals surface area contributed by atoms with Gasteiger partial charge in [-0.1, -0.05) is 24.6 Å². The van der Waals surface area contributed by atoms with Crippen molar-refractivity contribution in [1.82, 2.24) is 5.32 Å². The lowest BCUT2D eigenvalue weighted by atomic mass is 9.46. The molecule has 0 aromatic rings. The number of nitrogens with two attached hydrogens (primary N) is 1. The summed E-state index contributed by atoms with van der Waals surface area (Å²) in [5.74, 6) is -1.65. The molecule has 0 radical (unpaired) electrons. The minimum absolute atomic E-state index is 0.0288. The van der Waals surface area contributed by atoms with Crippen LogP contribution >= 0.6 is 0 Å². The van der Waals surface area contributed by atoms with Gasteiger partial charge in [-0.2, -0.15) is 0 Å². The molecule has 37 heavy (non-hydrogen) atoms. The molecule has 4 rings (SSSR count). The van der Waals surface area contributed by atoms with Crippen LogP contribution < -0.4 is 11.1 Å². The molecule has 5 N–H and O–H groups in total. The number of hydrogen-bond donors (Lipinski definition) is 4. The molecule has 10 nitrogen and oxygen atoms in total. The molecule has 0 bridgehead atoms. The summed E-state index contributed by atoms with van der Waals surface area (Å²) in [7, 11) is 0. The van der Waals surface area contributed by atoms with E-state index in [4.69, 9.17) is 15.7 Å². The lowest BCUT2D eigenvalue weighted by Crippen LogP contribution is -2.57. The highest BCUT2D eigenvalue weighted by molar-refractivity contribution is 5.96. The zero-order valence-electron chi connectivity index (χ0n) is 21.9. The van der Waals surface area contributed by atoms with Crippen LogP contribution in [-0.2, 0) is 24.0 Å². The minimum atomic E-state index is -1.40. The first-order chi connectivity index (χ1) is 17.3. The normalized spacial score (nSPS) is 38.4. The predicted octanol–water partition coefficient (Wildman–Crippen LogP) is 2.09. The van der Waals surface area contributed by atoms with Crippen LogP contribution in [0.1, 0.15) is 78.6 Å². The van der Waals surface area contributed by atoms with Crippen molar-refractivity contribution in [3.8, 4) is 0 Å². The zero-order chi connectivity index (χ0) is 27.2. The molecule has 4 aliphatic carbocycles. The Balaban J connectivity index is 1.40. The van der Waals surface area contributed by atoms with Gasteiger partial charge >= 0.3 is 5.97 Å². The van der Waals surface area contributed by atoms with Crippen LogP contribution in [0.3, 0.4) is 0 Å². The van der Waals surface area contributed by atoms with Crippen molar-refractivity contribution in [2.75, 3.05) is 6.61 Å². The molecule has 0 aromatic heterocycles. The van der Waals surface area contributed by atoms with Gasteiger partial charge in [0, 0.05) is 5.41 Å². The number of oxime groups is 1. The summed E-state index contributed by atoms with van der Waals surface area (Å²) in [6.45, 7) is 5.53. The number of carboxylic acids is 1. The fourth-order valence-electron chi connectivity index (χ4n) is 8.05. The number of nitrogens with one attached hydrogen (secondary N) is 1. The van der Waals surface area contributed by atoms with Gasteiger partial charge in [0.2, 0.25) is 5.91 Å². The van der Waals surface area contributed by atoms with Crippen LogP contribution in [0.2, 0.25) is 0 Å². The average Bonchev–Trinajstić information content (AvgIpc) is 3.10. The predicted molar refractivity (Wildman–Crippen MR) is 134 cm³/mol. The summed E-state index contributed by atoms with van der Waals surface area (Å²) in [6.07, 6.45) is 8.43. The smallest absolute Gasteiger partial charge is 0.326 e. The van der Waals surface area contributed by atoms with Crippen LogP contribution in [0.4, 0.5) is 0 Å². The number of Topliss-reactive ketones (excluding diaryl/α,β-unsaturated/α-hetero) is 1. The van der Waals surface area contributed by atoms with Gasteiger partial charge in [-0.05, 0) is 87.5 Å². The van der Waals surface area contributed by atoms with E-state index in [0.717, 1.165) is 44.2 Å². The van der Waals surface area contributed by atoms with Gasteiger partial charge in [0.05, 0.1) is 12.1 Å². The fraction of sp³-hybridized carbons (Fsp3) is 0.741. The van der Waals surface area contributed by atoms with Gasteiger partial charge in [-0.15, -0.1) is 0 Å². The standard InChI is InChI=1S/C27H39N3O7/c1-15(31)27(36)11-8-20-18-5-4-16-12-17(6-9-25(16,2)19(18)7-10-26(20,27)3)30-37-14-23(33)29-21(24(34)35)13-22(28)32/h12,18-21,36H,4-11,13-14H2,1-3H3,(H2,28,32)(H,29,33)(H,34,35)/b30-17-/t18-,19+,20+,21+,25-,26+,27+/m0/s1. The molecule has 0 spiro atoms. The molecule has 204 valence electrons. The number of primary amides is 1. The third-order valence-corrected chi connectivity index (χ3v) is 10.1. The largest absolute Gasteiger partial charge is 0.480 e. The Hall–Kier alpha value is -2.75. The molecule has 3 fully saturated rings. The summed E-state index contributed by atoms with van der Waals surface area (Å²) < 4.78 is 0. The van der Waals surface area contributed by atoms with E-state index in [2.05, 4.69) is 30.4 Å². The third kappa shape index (κ3) is 4.69. The molecular formula is C27H39N3O7. The van der Waals surface area contributed by atoms with Crippen LogP contribution in [0.25, 0.3) is 0 Å². The van der Waals surface area contributed by atoms with E-state index in [-0.39, 0.29) is 16.6 Å². The summed E-state index contributed by atoms with van der Waals surface area (Å²) >= 11 is 0. The Labute approximate surface area is 217 Å². The summed E-state index contributed by atoms with van der Waals surface area (Å²) in [5.41, 5.74) is 5.58. The van der Waals surface area contributed by atoms with Gasteiger partial charge in [0.25, 0.3) is 5.91 Å². The van der Waals surface area contributed by atoms with Gasteiger partial charge in [-0.25, -0.2) is 4.79 Å². The van der Waals surface area contributed by atoms with Gasteiger partial charge in [0.15, 0.2) is 12.4 Å². The van der Waals surface area contributed by atoms with Crippen LogP contribution in [0.5, 0.6) is 0 Å². The van der Waals surface area contributed by atoms with Crippen molar-refractivity contribution >= 4 is 29.3 Å². The maximum atomic E-state index is 12.4. The number of ketones is 1. The van der Waals surface area contributed by atoms with E-state index in [9.17, 15) is 24.3 Å². The Morgan fingerprint density at radius 2 is 1.84 bits per heavy atom. The number of rotatable bonds is 8. The number of carbonyl (C=O) groups is 4. The molecule has 7 atom stereocenters. The Kier molecular flexibility index (Phi) is 7.27. The van der Waals surface area contributed by atoms with Crippen molar-refractivity contribution in [2.45, 2.75) is 90.2 Å². The first kappa shape index (κ1) is 27.3. The molecule has 0 unspecified atom stereocenters. The van der Waals surface area contributed by atoms with Crippen molar-refractivity contribution in [2.24, 2.45) is 39.5 Å². The number of amides is 2. The molecule has 0 aliphatic heterocycles. The van der Waals surface area contributed by atoms with Gasteiger partial charge in [-0.3, -0.25) is 14.4 Å². The van der Waals surface area contributed by atoms with Crippen LogP contribution in [0.15, 0.2) is 16.8 Å². The summed E-state index contributed by atoms with van der Waals surface area (Å²) in [4.78, 5) is 51.8. The maximum Gasteiger partial charge on any atom is 0.326 e. The Morgan fingerprint density at radius 1 is 1.14 bits per heavy atom. The van der Waals surface area contributed by atoms with E-state index in [1.807, 2.05) is 0 Å². The van der Waals surface area contributed by atoms with E-state index >= 15 is 0 Å². The molecule has 4 aliphatic rings. The van der Waals surface area contributed by atoms with Crippen LogP contribution in [-0.4, -0.2) is 57.7 Å². The van der Waals surface area contributed by atoms with E-state index in [0.29, 0.717) is 30.6 Å². The summed E-state index contributed by atoms with van der Waals surface area (Å²) in [5, 5.41) is 26.8. The van der Waals surface area contributed by atoms with Crippen molar-refractivity contribution in [3.05, 3.63) is 11.6 Å². The highest BCUT2D eigenvalue weighted by atomic mass is 16.6. The zero-order valence-corrected chi connectivity index (χ0v) is 21.9. The van der Waals surface area contributed by atoms with E-state index in [1.165, 1.54) is 12.5 Å². The molecule has 0 saturated heterocycles. The van der Waals surface area contributed by atoms with Crippen molar-refractivity contribution < 1.29 is 34.2 Å². The number of aliphatic carboxylic acids is 1. The van der Waals surface area contributed by atoms with Crippen molar-refractivity contribution in [3.63, 3.8) is 0 Å². The minimum Gasteiger partial charge on any atom is -0.480 e. The number of nitrogens with zero attached hydrogens (tertiary/aromatic N) is 1. The number of carbonyl (C=O) groups excluding carboxylic acids is 3. The lowest BCUT2D eigenvalue weighted by Gasteiger charge is -2.59. The first-order valence-corrected chi connectivity index (χ1v) is 13.3. The molecule has 0 aromatic carbocycles. The number of allylic oxidation sites excluding steroid dienone is 2. The van der Waals surface area contributed by atoms with Crippen LogP contribution in [0, 0.1) is 28.6 Å². The second-order valence-corrected chi connectivity index (χ2v) is 11.9. The lowest BCUT2D eigenvalue weighted by molar-refractivity contribution is -0.159. The first-order valence-electron chi connectivity index (χ1n) is 13.3. The quantitative estimate of drug-likeness (QED) is 0.357. The average molecular weight is 518 g/mol. The Morgan fingerprint density at radius 3 is 2.49 bits per heavy atom. The molecular weight excluding hydrogens is 478 g/mol.